The van der Waals surface area contributed by atoms with Crippen LogP contribution in [0.3, 0.4) is 0 Å². The van der Waals surface area contributed by atoms with Gasteiger partial charge in [-0.3, -0.25) is 9.59 Å². The summed E-state index contributed by atoms with van der Waals surface area (Å²) < 4.78 is 74.0. The maximum Gasteiger partial charge on any atom is 0.339 e. The van der Waals surface area contributed by atoms with Crippen molar-refractivity contribution in [3.63, 3.8) is 0 Å². The van der Waals surface area contributed by atoms with E-state index >= 15 is 0 Å². The van der Waals surface area contributed by atoms with Gasteiger partial charge in [0.05, 0.1) is 19.8 Å². The van der Waals surface area contributed by atoms with Crippen LogP contribution in [0.1, 0.15) is 65.7 Å². The molecule has 4 aliphatic heterocycles. The third-order valence-corrected chi connectivity index (χ3v) is 9.20. The van der Waals surface area contributed by atoms with Crippen molar-refractivity contribution in [3.8, 4) is 0 Å². The Morgan fingerprint density at radius 2 is 1.33 bits per heavy atom. The fourth-order valence-corrected chi connectivity index (χ4v) is 7.07. The molecular formula is C39H50O15. The molecule has 6 rings (SSSR count). The smallest absolute Gasteiger partial charge is 0.339 e. The molecule has 296 valence electrons. The molecule has 0 aromatic heterocycles. The molecule has 4 saturated heterocycles. The molecular weight excluding hydrogens is 708 g/mol. The maximum absolute atomic E-state index is 13.5. The molecule has 54 heavy (non-hydrogen) atoms. The summed E-state index contributed by atoms with van der Waals surface area (Å²) in [4.78, 5) is 38.4. The van der Waals surface area contributed by atoms with E-state index in [4.69, 9.17) is 56.8 Å². The molecule has 2 aromatic rings. The summed E-state index contributed by atoms with van der Waals surface area (Å²) in [7, 11) is 0. The predicted molar refractivity (Wildman–Crippen MR) is 185 cm³/mol. The van der Waals surface area contributed by atoms with Gasteiger partial charge < -0.3 is 56.8 Å². The second kappa shape index (κ2) is 17.1. The Labute approximate surface area is 314 Å². The van der Waals surface area contributed by atoms with E-state index in [0.29, 0.717) is 5.56 Å². The number of fused-ring (bicyclic) bond motifs is 3. The first-order chi connectivity index (χ1) is 25.7. The number of esters is 3. The zero-order valence-electron chi connectivity index (χ0n) is 31.6. The Kier molecular flexibility index (Phi) is 12.7. The SMILES string of the molecule is CCOC(=O)[C@@H](O[C@H]1[C@H](OC[C@H]2O[C@@H]3OC(C)(C)O[C@@H]3[C@H]3OC(C)(C)O[C@H]32)O[C@H](COC(C)=O)[C@@H](OCc2ccccc2)[C@@H]1OC(C)=O)c1ccccc1. The highest BCUT2D eigenvalue weighted by Gasteiger charge is 2.61. The summed E-state index contributed by atoms with van der Waals surface area (Å²) in [6, 6.07) is 18.1. The van der Waals surface area contributed by atoms with Gasteiger partial charge in [-0.05, 0) is 45.7 Å². The van der Waals surface area contributed by atoms with E-state index in [1.54, 1.807) is 65.0 Å². The average molecular weight is 759 g/mol. The summed E-state index contributed by atoms with van der Waals surface area (Å²) in [5.74, 6) is -3.81. The van der Waals surface area contributed by atoms with Crippen LogP contribution in [-0.2, 0) is 77.8 Å². The summed E-state index contributed by atoms with van der Waals surface area (Å²) >= 11 is 0. The Morgan fingerprint density at radius 3 is 2.00 bits per heavy atom. The first-order valence-corrected chi connectivity index (χ1v) is 18.2. The largest absolute Gasteiger partial charge is 0.464 e. The van der Waals surface area contributed by atoms with E-state index in [9.17, 15) is 14.4 Å². The van der Waals surface area contributed by atoms with Crippen molar-refractivity contribution in [1.29, 1.82) is 0 Å². The fourth-order valence-electron chi connectivity index (χ4n) is 7.07. The molecule has 0 amide bonds. The number of benzene rings is 2. The van der Waals surface area contributed by atoms with Crippen molar-refractivity contribution in [1.82, 2.24) is 0 Å². The van der Waals surface area contributed by atoms with E-state index in [2.05, 4.69) is 0 Å². The second-order valence-corrected chi connectivity index (χ2v) is 14.4. The van der Waals surface area contributed by atoms with Gasteiger partial charge in [0.15, 0.2) is 36.4 Å². The van der Waals surface area contributed by atoms with Crippen molar-refractivity contribution < 1.29 is 71.2 Å². The Morgan fingerprint density at radius 1 is 0.685 bits per heavy atom. The first kappa shape index (κ1) is 40.2. The molecule has 4 aliphatic rings. The number of carbonyl (C=O) groups is 3. The van der Waals surface area contributed by atoms with Crippen LogP contribution in [0, 0.1) is 0 Å². The minimum absolute atomic E-state index is 0.0779. The van der Waals surface area contributed by atoms with E-state index in [0.717, 1.165) is 5.56 Å². The van der Waals surface area contributed by atoms with Crippen LogP contribution in [0.25, 0.3) is 0 Å². The van der Waals surface area contributed by atoms with Crippen molar-refractivity contribution >= 4 is 17.9 Å². The highest BCUT2D eigenvalue weighted by Crippen LogP contribution is 2.44. The third-order valence-electron chi connectivity index (χ3n) is 9.20. The van der Waals surface area contributed by atoms with Crippen LogP contribution in [-0.4, -0.2) is 111 Å². The molecule has 2 aromatic carbocycles. The highest BCUT2D eigenvalue weighted by molar-refractivity contribution is 5.76. The van der Waals surface area contributed by atoms with E-state index in [1.165, 1.54) is 13.8 Å². The molecule has 0 radical (unpaired) electrons. The van der Waals surface area contributed by atoms with Crippen LogP contribution in [0.2, 0.25) is 0 Å². The van der Waals surface area contributed by atoms with Crippen LogP contribution >= 0.6 is 0 Å². The molecule has 15 nitrogen and oxygen atoms in total. The van der Waals surface area contributed by atoms with E-state index < -0.39 is 97.0 Å². The average Bonchev–Trinajstić information content (AvgIpc) is 3.62. The predicted octanol–water partition coefficient (Wildman–Crippen LogP) is 3.89. The molecule has 4 heterocycles. The Bertz CT molecular complexity index is 1570. The molecule has 15 heteroatoms. The van der Waals surface area contributed by atoms with Crippen molar-refractivity contribution in [2.75, 3.05) is 19.8 Å². The number of ether oxygens (including phenoxy) is 12. The summed E-state index contributed by atoms with van der Waals surface area (Å²) in [6.07, 6.45) is -10.6. The van der Waals surface area contributed by atoms with Crippen LogP contribution in [0.15, 0.2) is 60.7 Å². The van der Waals surface area contributed by atoms with Gasteiger partial charge in [0.25, 0.3) is 0 Å². The molecule has 0 aliphatic carbocycles. The summed E-state index contributed by atoms with van der Waals surface area (Å²) in [5, 5.41) is 0. The normalized spacial score (nSPS) is 32.9. The van der Waals surface area contributed by atoms with Gasteiger partial charge in [0.1, 0.15) is 49.3 Å². The quantitative estimate of drug-likeness (QED) is 0.201. The molecule has 4 fully saturated rings. The van der Waals surface area contributed by atoms with Crippen LogP contribution < -0.4 is 0 Å². The third kappa shape index (κ3) is 9.64. The van der Waals surface area contributed by atoms with Crippen molar-refractivity contribution in [2.45, 2.75) is 134 Å². The lowest BCUT2D eigenvalue weighted by Gasteiger charge is -2.46. The topological polar surface area (TPSA) is 162 Å². The Balaban J connectivity index is 1.35. The molecule has 11 atom stereocenters. The minimum Gasteiger partial charge on any atom is -0.464 e. The first-order valence-electron chi connectivity index (χ1n) is 18.2. The fraction of sp³-hybridized carbons (Fsp3) is 0.615. The van der Waals surface area contributed by atoms with Gasteiger partial charge in [-0.1, -0.05) is 60.7 Å². The summed E-state index contributed by atoms with van der Waals surface area (Å²) in [5.41, 5.74) is 1.30. The molecule has 0 bridgehead atoms. The molecule has 0 unspecified atom stereocenters. The van der Waals surface area contributed by atoms with E-state index in [-0.39, 0.29) is 26.4 Å². The van der Waals surface area contributed by atoms with Gasteiger partial charge in [-0.25, -0.2) is 4.79 Å². The highest BCUT2D eigenvalue weighted by atomic mass is 16.9. The molecule has 0 spiro atoms. The van der Waals surface area contributed by atoms with E-state index in [1.807, 2.05) is 30.3 Å². The van der Waals surface area contributed by atoms with Gasteiger partial charge in [-0.2, -0.15) is 0 Å². The molecule has 0 saturated carbocycles. The number of hydrogen-bond acceptors (Lipinski definition) is 15. The second-order valence-electron chi connectivity index (χ2n) is 14.4. The lowest BCUT2D eigenvalue weighted by molar-refractivity contribution is -0.334. The maximum atomic E-state index is 13.5. The monoisotopic (exact) mass is 758 g/mol. The van der Waals surface area contributed by atoms with Crippen LogP contribution in [0.4, 0.5) is 0 Å². The van der Waals surface area contributed by atoms with Gasteiger partial charge in [-0.15, -0.1) is 0 Å². The van der Waals surface area contributed by atoms with Crippen molar-refractivity contribution in [2.24, 2.45) is 0 Å². The molecule has 0 N–H and O–H groups in total. The number of carbonyl (C=O) groups excluding carboxylic acids is 3. The van der Waals surface area contributed by atoms with Gasteiger partial charge in [0.2, 0.25) is 0 Å². The Hall–Kier alpha value is -3.51. The lowest BCUT2D eigenvalue weighted by atomic mass is 9.97. The zero-order chi connectivity index (χ0) is 38.6. The number of hydrogen-bond donors (Lipinski definition) is 0. The standard InChI is InChI=1S/C39H50O15/c1-8-43-35(42)28(25-17-13-10-14-18-25)50-33-31(47-23(3)41)29(45-19-24-15-11-9-12-16-24)26(20-44-22(2)40)48-36(33)46-21-27-30-32(52-38(4,5)51-30)34-37(49-27)54-39(6,7)53-34/h9-18,26-34,36-37H,8,19-21H2,1-7H3/t26-,27-,28+,29-,30+,31+,32+,33-,34-,36-,37-/m1/s1. The zero-order valence-corrected chi connectivity index (χ0v) is 31.6. The van der Waals surface area contributed by atoms with Crippen molar-refractivity contribution in [3.05, 3.63) is 71.8 Å². The van der Waals surface area contributed by atoms with Gasteiger partial charge in [0, 0.05) is 13.8 Å². The minimum atomic E-state index is -1.35. The van der Waals surface area contributed by atoms with Gasteiger partial charge >= 0.3 is 17.9 Å². The van der Waals surface area contributed by atoms with Crippen LogP contribution in [0.5, 0.6) is 0 Å². The number of rotatable bonds is 14. The lowest BCUT2D eigenvalue weighted by Crippen LogP contribution is -2.63. The summed E-state index contributed by atoms with van der Waals surface area (Å²) in [6.45, 7) is 11.1.